The predicted molar refractivity (Wildman–Crippen MR) is 91.6 cm³/mol. The van der Waals surface area contributed by atoms with Crippen LogP contribution in [0.2, 0.25) is 0 Å². The first-order valence-electron chi connectivity index (χ1n) is 8.16. The van der Waals surface area contributed by atoms with Gasteiger partial charge in [-0.3, -0.25) is 0 Å². The van der Waals surface area contributed by atoms with Crippen molar-refractivity contribution in [3.63, 3.8) is 0 Å². The number of hydrogen-bond donors (Lipinski definition) is 1. The fourth-order valence-corrected chi connectivity index (χ4v) is 2.76. The molecule has 1 atom stereocenters. The molecule has 1 nitrogen and oxygen atoms in total. The van der Waals surface area contributed by atoms with E-state index in [4.69, 9.17) is 0 Å². The molecule has 0 aliphatic rings. The molecule has 0 amide bonds. The summed E-state index contributed by atoms with van der Waals surface area (Å²) in [6.07, 6.45) is 5.20. The number of hydrogen-bond acceptors (Lipinski definition) is 1. The van der Waals surface area contributed by atoms with Crippen LogP contribution in [-0.4, -0.2) is 6.54 Å². The third kappa shape index (κ3) is 4.71. The highest BCUT2D eigenvalue weighted by Crippen LogP contribution is 2.24. The van der Waals surface area contributed by atoms with E-state index < -0.39 is 0 Å². The molecular weight excluding hydrogens is 254 g/mol. The lowest BCUT2D eigenvalue weighted by Crippen LogP contribution is -2.24. The molecule has 0 fully saturated rings. The van der Waals surface area contributed by atoms with Crippen molar-refractivity contribution in [2.45, 2.75) is 45.6 Å². The van der Waals surface area contributed by atoms with Gasteiger partial charge in [-0.2, -0.15) is 0 Å². The minimum Gasteiger partial charge on any atom is -0.306 e. The minimum atomic E-state index is 0.300. The van der Waals surface area contributed by atoms with Crippen LogP contribution in [0, 0.1) is 6.92 Å². The number of rotatable bonds is 8. The van der Waals surface area contributed by atoms with E-state index in [2.05, 4.69) is 73.8 Å². The van der Waals surface area contributed by atoms with Gasteiger partial charge in [0.25, 0.3) is 0 Å². The van der Waals surface area contributed by atoms with Crippen LogP contribution in [0.5, 0.6) is 0 Å². The van der Waals surface area contributed by atoms with E-state index in [1.54, 1.807) is 0 Å². The topological polar surface area (TPSA) is 12.0 Å². The fourth-order valence-electron chi connectivity index (χ4n) is 2.76. The Morgan fingerprint density at radius 3 is 2.29 bits per heavy atom. The van der Waals surface area contributed by atoms with Crippen molar-refractivity contribution in [3.05, 3.63) is 71.3 Å². The van der Waals surface area contributed by atoms with Crippen LogP contribution in [-0.2, 0) is 0 Å². The molecule has 0 saturated heterocycles. The number of aryl methyl sites for hydroxylation is 1. The maximum absolute atomic E-state index is 3.75. The average molecular weight is 281 g/mol. The number of unbranched alkanes of at least 4 members (excludes halogenated alkanes) is 3. The summed E-state index contributed by atoms with van der Waals surface area (Å²) in [7, 11) is 0. The van der Waals surface area contributed by atoms with Gasteiger partial charge in [-0.05, 0) is 36.6 Å². The molecule has 2 aromatic rings. The molecule has 112 valence electrons. The average Bonchev–Trinajstić information content (AvgIpc) is 2.53. The highest BCUT2D eigenvalue weighted by molar-refractivity contribution is 5.36. The molecule has 21 heavy (non-hydrogen) atoms. The van der Waals surface area contributed by atoms with Crippen LogP contribution < -0.4 is 5.32 Å². The molecule has 0 bridgehead atoms. The highest BCUT2D eigenvalue weighted by atomic mass is 14.9. The monoisotopic (exact) mass is 281 g/mol. The lowest BCUT2D eigenvalue weighted by molar-refractivity contribution is 0.554. The second kappa shape index (κ2) is 8.63. The van der Waals surface area contributed by atoms with Gasteiger partial charge in [-0.25, -0.2) is 0 Å². The summed E-state index contributed by atoms with van der Waals surface area (Å²) in [6, 6.07) is 19.8. The van der Waals surface area contributed by atoms with E-state index in [1.807, 2.05) is 0 Å². The van der Waals surface area contributed by atoms with Crippen LogP contribution in [0.1, 0.15) is 55.3 Å². The summed E-state index contributed by atoms with van der Waals surface area (Å²) < 4.78 is 0. The van der Waals surface area contributed by atoms with E-state index in [0.29, 0.717) is 6.04 Å². The summed E-state index contributed by atoms with van der Waals surface area (Å²) in [5.74, 6) is 0. The first kappa shape index (κ1) is 15.8. The normalized spacial score (nSPS) is 12.3. The van der Waals surface area contributed by atoms with Crippen molar-refractivity contribution >= 4 is 0 Å². The molecule has 0 aliphatic heterocycles. The fraction of sp³-hybridized carbons (Fsp3) is 0.400. The first-order valence-corrected chi connectivity index (χ1v) is 8.16. The predicted octanol–water partition coefficient (Wildman–Crippen LogP) is 5.25. The zero-order chi connectivity index (χ0) is 14.9. The number of nitrogens with one attached hydrogen (secondary N) is 1. The molecule has 1 N–H and O–H groups in total. The Hall–Kier alpha value is -1.60. The SMILES string of the molecule is CCCCCCNC(c1ccccc1)c1ccccc1C. The summed E-state index contributed by atoms with van der Waals surface area (Å²) in [6.45, 7) is 5.53. The Balaban J connectivity index is 2.10. The van der Waals surface area contributed by atoms with Crippen molar-refractivity contribution in [1.29, 1.82) is 0 Å². The molecule has 0 aliphatic carbocycles. The van der Waals surface area contributed by atoms with Gasteiger partial charge < -0.3 is 5.32 Å². The van der Waals surface area contributed by atoms with E-state index >= 15 is 0 Å². The van der Waals surface area contributed by atoms with Gasteiger partial charge in [-0.15, -0.1) is 0 Å². The molecule has 0 heterocycles. The summed E-state index contributed by atoms with van der Waals surface area (Å²) >= 11 is 0. The van der Waals surface area contributed by atoms with E-state index in [-0.39, 0.29) is 0 Å². The zero-order valence-corrected chi connectivity index (χ0v) is 13.3. The summed E-state index contributed by atoms with van der Waals surface area (Å²) in [5.41, 5.74) is 4.09. The maximum atomic E-state index is 3.75. The third-order valence-electron chi connectivity index (χ3n) is 4.01. The Kier molecular flexibility index (Phi) is 6.49. The van der Waals surface area contributed by atoms with Gasteiger partial charge in [0.05, 0.1) is 6.04 Å². The molecule has 0 spiro atoms. The van der Waals surface area contributed by atoms with Crippen LogP contribution in [0.25, 0.3) is 0 Å². The standard InChI is InChI=1S/C20H27N/c1-3-4-5-11-16-21-20(18-13-7-6-8-14-18)19-15-10-9-12-17(19)2/h6-10,12-15,20-21H,3-5,11,16H2,1-2H3. The quantitative estimate of drug-likeness (QED) is 0.651. The molecule has 1 heteroatoms. The van der Waals surface area contributed by atoms with Gasteiger partial charge in [0, 0.05) is 0 Å². The van der Waals surface area contributed by atoms with Crippen molar-refractivity contribution in [1.82, 2.24) is 5.32 Å². The van der Waals surface area contributed by atoms with E-state index in [1.165, 1.54) is 42.4 Å². The maximum Gasteiger partial charge on any atom is 0.0579 e. The molecule has 0 saturated carbocycles. The van der Waals surface area contributed by atoms with Gasteiger partial charge in [0.1, 0.15) is 0 Å². The van der Waals surface area contributed by atoms with Gasteiger partial charge >= 0.3 is 0 Å². The molecule has 0 radical (unpaired) electrons. The summed E-state index contributed by atoms with van der Waals surface area (Å²) in [5, 5.41) is 3.75. The Bertz CT molecular complexity index is 518. The number of benzene rings is 2. The Labute approximate surface area is 129 Å². The van der Waals surface area contributed by atoms with Crippen molar-refractivity contribution in [2.75, 3.05) is 6.54 Å². The van der Waals surface area contributed by atoms with Crippen LogP contribution in [0.3, 0.4) is 0 Å². The van der Waals surface area contributed by atoms with Gasteiger partial charge in [0.15, 0.2) is 0 Å². The second-order valence-electron chi connectivity index (χ2n) is 5.72. The first-order chi connectivity index (χ1) is 10.3. The smallest absolute Gasteiger partial charge is 0.0579 e. The zero-order valence-electron chi connectivity index (χ0n) is 13.3. The highest BCUT2D eigenvalue weighted by Gasteiger charge is 2.14. The second-order valence-corrected chi connectivity index (χ2v) is 5.72. The van der Waals surface area contributed by atoms with Crippen molar-refractivity contribution in [3.8, 4) is 0 Å². The van der Waals surface area contributed by atoms with Crippen LogP contribution in [0.4, 0.5) is 0 Å². The van der Waals surface area contributed by atoms with E-state index in [9.17, 15) is 0 Å². The van der Waals surface area contributed by atoms with Crippen LogP contribution >= 0.6 is 0 Å². The van der Waals surface area contributed by atoms with E-state index in [0.717, 1.165) is 6.54 Å². The minimum absolute atomic E-state index is 0.300. The molecule has 2 aromatic carbocycles. The van der Waals surface area contributed by atoms with Gasteiger partial charge in [-0.1, -0.05) is 80.8 Å². The lowest BCUT2D eigenvalue weighted by atomic mass is 9.95. The lowest BCUT2D eigenvalue weighted by Gasteiger charge is -2.21. The molecular formula is C20H27N. The van der Waals surface area contributed by atoms with Gasteiger partial charge in [0.2, 0.25) is 0 Å². The molecule has 2 rings (SSSR count). The molecule has 1 unspecified atom stereocenters. The largest absolute Gasteiger partial charge is 0.306 e. The molecule has 0 aromatic heterocycles. The van der Waals surface area contributed by atoms with Crippen molar-refractivity contribution in [2.24, 2.45) is 0 Å². The van der Waals surface area contributed by atoms with Crippen molar-refractivity contribution < 1.29 is 0 Å². The Morgan fingerprint density at radius 2 is 1.57 bits per heavy atom. The Morgan fingerprint density at radius 1 is 0.857 bits per heavy atom. The van der Waals surface area contributed by atoms with Crippen LogP contribution in [0.15, 0.2) is 54.6 Å². The summed E-state index contributed by atoms with van der Waals surface area (Å²) in [4.78, 5) is 0. The third-order valence-corrected chi connectivity index (χ3v) is 4.01.